The second-order valence-electron chi connectivity index (χ2n) is 4.64. The van der Waals surface area contributed by atoms with Crippen LogP contribution in [0.25, 0.3) is 0 Å². The molecule has 108 valence electrons. The topological polar surface area (TPSA) is 85.9 Å². The van der Waals surface area contributed by atoms with Gasteiger partial charge in [-0.25, -0.2) is 0 Å². The Labute approximate surface area is 112 Å². The first-order valence-electron chi connectivity index (χ1n) is 6.33. The maximum absolute atomic E-state index is 11.6. The van der Waals surface area contributed by atoms with E-state index in [-0.39, 0.29) is 19.0 Å². The second-order valence-corrected chi connectivity index (χ2v) is 4.64. The molecule has 0 atom stereocenters. The molecule has 0 spiro atoms. The Balaban J connectivity index is 3.12. The van der Waals surface area contributed by atoms with Gasteiger partial charge < -0.3 is 19.9 Å². The van der Waals surface area contributed by atoms with Gasteiger partial charge in [0, 0.05) is 38.0 Å². The molecule has 1 aromatic heterocycles. The van der Waals surface area contributed by atoms with Crippen LogP contribution in [0.4, 0.5) is 0 Å². The van der Waals surface area contributed by atoms with Gasteiger partial charge in [-0.1, -0.05) is 0 Å². The zero-order valence-electron chi connectivity index (χ0n) is 11.5. The summed E-state index contributed by atoms with van der Waals surface area (Å²) in [7, 11) is 1.80. The van der Waals surface area contributed by atoms with Gasteiger partial charge in [0.05, 0.1) is 12.3 Å². The van der Waals surface area contributed by atoms with Crippen LogP contribution in [-0.4, -0.2) is 51.6 Å². The summed E-state index contributed by atoms with van der Waals surface area (Å²) in [6, 6.07) is 1.39. The van der Waals surface area contributed by atoms with Crippen molar-refractivity contribution in [1.82, 2.24) is 9.47 Å². The number of aliphatic hydroxyl groups is 2. The number of pyridine rings is 1. The number of hydrogen-bond acceptors (Lipinski definition) is 5. The molecule has 0 amide bonds. The molecule has 0 radical (unpaired) electrons. The number of aryl methyl sites for hydroxylation is 1. The molecule has 0 aliphatic carbocycles. The highest BCUT2D eigenvalue weighted by atomic mass is 16.3. The largest absolute Gasteiger partial charge is 0.503 e. The lowest BCUT2D eigenvalue weighted by molar-refractivity contribution is 0.211. The van der Waals surface area contributed by atoms with Crippen molar-refractivity contribution in [2.24, 2.45) is 0 Å². The molecule has 1 rings (SSSR count). The predicted octanol–water partition coefficient (Wildman–Crippen LogP) is -0.331. The lowest BCUT2D eigenvalue weighted by Crippen LogP contribution is -2.26. The van der Waals surface area contributed by atoms with Crippen molar-refractivity contribution in [2.45, 2.75) is 26.4 Å². The Morgan fingerprint density at radius 3 is 2.58 bits per heavy atom. The van der Waals surface area contributed by atoms with Crippen molar-refractivity contribution in [2.75, 3.05) is 26.8 Å². The number of aliphatic hydroxyl groups excluding tert-OH is 2. The summed E-state index contributed by atoms with van der Waals surface area (Å²) >= 11 is 0. The molecule has 3 N–H and O–H groups in total. The van der Waals surface area contributed by atoms with Crippen LogP contribution in [0, 0.1) is 6.92 Å². The molecule has 1 heterocycles. The molecular formula is C13H22N2O4. The Kier molecular flexibility index (Phi) is 6.01. The third kappa shape index (κ3) is 4.05. The maximum Gasteiger partial charge on any atom is 0.223 e. The van der Waals surface area contributed by atoms with Gasteiger partial charge in [-0.15, -0.1) is 0 Å². The average Bonchev–Trinajstić information content (AvgIpc) is 2.35. The first-order valence-corrected chi connectivity index (χ1v) is 6.33. The van der Waals surface area contributed by atoms with Gasteiger partial charge in [-0.05, 0) is 20.4 Å². The van der Waals surface area contributed by atoms with Crippen LogP contribution in [0.1, 0.15) is 17.8 Å². The monoisotopic (exact) mass is 270 g/mol. The average molecular weight is 270 g/mol. The normalized spacial score (nSPS) is 11.2. The summed E-state index contributed by atoms with van der Waals surface area (Å²) in [5, 5.41) is 27.8. The fourth-order valence-corrected chi connectivity index (χ4v) is 2.02. The lowest BCUT2D eigenvalue weighted by atomic mass is 10.2. The van der Waals surface area contributed by atoms with Crippen LogP contribution in [-0.2, 0) is 13.1 Å². The number of aromatic nitrogens is 1. The Bertz CT molecular complexity index is 470. The summed E-state index contributed by atoms with van der Waals surface area (Å²) in [4.78, 5) is 13.5. The summed E-state index contributed by atoms with van der Waals surface area (Å²) in [6.45, 7) is 3.24. The fourth-order valence-electron chi connectivity index (χ4n) is 2.02. The molecule has 0 saturated carbocycles. The zero-order valence-corrected chi connectivity index (χ0v) is 11.5. The van der Waals surface area contributed by atoms with E-state index in [4.69, 9.17) is 10.2 Å². The van der Waals surface area contributed by atoms with Crippen LogP contribution in [0.15, 0.2) is 10.9 Å². The van der Waals surface area contributed by atoms with E-state index in [1.807, 2.05) is 9.47 Å². The summed E-state index contributed by atoms with van der Waals surface area (Å²) in [5.74, 6) is -0.256. The second kappa shape index (κ2) is 7.28. The molecule has 0 aliphatic rings. The minimum Gasteiger partial charge on any atom is -0.503 e. The molecule has 0 bridgehead atoms. The number of aromatic hydroxyl groups is 1. The summed E-state index contributed by atoms with van der Waals surface area (Å²) in [5.41, 5.74) is 0.878. The van der Waals surface area contributed by atoms with E-state index in [1.165, 1.54) is 6.07 Å². The van der Waals surface area contributed by atoms with Crippen molar-refractivity contribution in [3.05, 3.63) is 27.7 Å². The Morgan fingerprint density at radius 1 is 1.32 bits per heavy atom. The van der Waals surface area contributed by atoms with Gasteiger partial charge in [-0.3, -0.25) is 9.69 Å². The molecule has 1 aromatic rings. The van der Waals surface area contributed by atoms with E-state index in [2.05, 4.69) is 0 Å². The molecule has 19 heavy (non-hydrogen) atoms. The molecular weight excluding hydrogens is 248 g/mol. The first-order chi connectivity index (χ1) is 9.01. The van der Waals surface area contributed by atoms with Crippen LogP contribution in [0.3, 0.4) is 0 Å². The van der Waals surface area contributed by atoms with Crippen molar-refractivity contribution in [1.29, 1.82) is 0 Å². The first kappa shape index (κ1) is 15.7. The Hall–Kier alpha value is -1.37. The Morgan fingerprint density at radius 2 is 2.00 bits per heavy atom. The molecule has 0 aliphatic heterocycles. The quantitative estimate of drug-likeness (QED) is 0.631. The van der Waals surface area contributed by atoms with E-state index in [0.717, 1.165) is 5.69 Å². The highest BCUT2D eigenvalue weighted by Crippen LogP contribution is 2.16. The molecule has 0 unspecified atom stereocenters. The molecule has 0 fully saturated rings. The minimum atomic E-state index is -0.398. The van der Waals surface area contributed by atoms with Crippen LogP contribution in [0.5, 0.6) is 5.75 Å². The molecule has 6 heteroatoms. The van der Waals surface area contributed by atoms with E-state index in [1.54, 1.807) is 14.0 Å². The van der Waals surface area contributed by atoms with Gasteiger partial charge >= 0.3 is 0 Å². The number of nitrogens with zero attached hydrogens (tertiary/aromatic N) is 2. The van der Waals surface area contributed by atoms with E-state index >= 15 is 0 Å². The maximum atomic E-state index is 11.6. The van der Waals surface area contributed by atoms with Gasteiger partial charge in [0.1, 0.15) is 0 Å². The van der Waals surface area contributed by atoms with Gasteiger partial charge in [-0.2, -0.15) is 0 Å². The molecule has 6 nitrogen and oxygen atoms in total. The van der Waals surface area contributed by atoms with Gasteiger partial charge in [0.25, 0.3) is 0 Å². The smallest absolute Gasteiger partial charge is 0.223 e. The van der Waals surface area contributed by atoms with E-state index < -0.39 is 5.43 Å². The number of hydrogen-bond donors (Lipinski definition) is 3. The third-order valence-electron chi connectivity index (χ3n) is 3.04. The van der Waals surface area contributed by atoms with Crippen molar-refractivity contribution < 1.29 is 15.3 Å². The van der Waals surface area contributed by atoms with Gasteiger partial charge in [0.2, 0.25) is 5.43 Å². The number of likely N-dealkylation sites (N-methyl/N-ethyl adjacent to an activating group) is 1. The van der Waals surface area contributed by atoms with Crippen LogP contribution >= 0.6 is 0 Å². The SMILES string of the molecule is Cc1cc(=O)c(O)c(CN(C)CCO)n1CCCO. The number of rotatable bonds is 7. The van der Waals surface area contributed by atoms with Crippen LogP contribution in [0.2, 0.25) is 0 Å². The van der Waals surface area contributed by atoms with Crippen molar-refractivity contribution >= 4 is 0 Å². The van der Waals surface area contributed by atoms with Gasteiger partial charge in [0.15, 0.2) is 5.75 Å². The van der Waals surface area contributed by atoms with E-state index in [9.17, 15) is 9.90 Å². The molecule has 0 saturated heterocycles. The van der Waals surface area contributed by atoms with E-state index in [0.29, 0.717) is 31.7 Å². The lowest BCUT2D eigenvalue weighted by Gasteiger charge is -2.22. The molecule has 0 aromatic carbocycles. The summed E-state index contributed by atoms with van der Waals surface area (Å²) < 4.78 is 1.83. The fraction of sp³-hybridized carbons (Fsp3) is 0.615. The summed E-state index contributed by atoms with van der Waals surface area (Å²) in [6.07, 6.45) is 0.555. The highest BCUT2D eigenvalue weighted by Gasteiger charge is 2.14. The third-order valence-corrected chi connectivity index (χ3v) is 3.04. The predicted molar refractivity (Wildman–Crippen MR) is 72.2 cm³/mol. The standard InChI is InChI=1S/C13H22N2O4/c1-10-8-12(18)13(19)11(9-14(2)5-7-17)15(10)4-3-6-16/h8,16-17,19H,3-7,9H2,1-2H3. The zero-order chi connectivity index (χ0) is 14.4. The van der Waals surface area contributed by atoms with Crippen molar-refractivity contribution in [3.63, 3.8) is 0 Å². The van der Waals surface area contributed by atoms with Crippen LogP contribution < -0.4 is 5.43 Å². The van der Waals surface area contributed by atoms with Crippen molar-refractivity contribution in [3.8, 4) is 5.75 Å². The minimum absolute atomic E-state index is 0.0178. The highest BCUT2D eigenvalue weighted by molar-refractivity contribution is 5.29.